The number of carbonyl (C=O) groups excluding carboxylic acids is 1. The third kappa shape index (κ3) is 3.07. The van der Waals surface area contributed by atoms with Gasteiger partial charge in [-0.25, -0.2) is 0 Å². The maximum Gasteiger partial charge on any atom is 0.228 e. The molecule has 1 aromatic rings. The van der Waals surface area contributed by atoms with Gasteiger partial charge < -0.3 is 9.80 Å². The van der Waals surface area contributed by atoms with Crippen LogP contribution in [0, 0.1) is 0 Å². The quantitative estimate of drug-likeness (QED) is 0.777. The molecule has 1 aromatic heterocycles. The number of hydrogen-bond acceptors (Lipinski definition) is 3. The van der Waals surface area contributed by atoms with E-state index in [4.69, 9.17) is 0 Å². The van der Waals surface area contributed by atoms with Crippen molar-refractivity contribution >= 4 is 27.5 Å². The molecule has 0 saturated carbocycles. The first-order valence-electron chi connectivity index (χ1n) is 5.68. The minimum absolute atomic E-state index is 0.166. The molecule has 0 aliphatic carbocycles. The Labute approximate surface area is 110 Å². The van der Waals surface area contributed by atoms with E-state index >= 15 is 0 Å². The van der Waals surface area contributed by atoms with Crippen molar-refractivity contribution in [1.82, 2.24) is 14.7 Å². The van der Waals surface area contributed by atoms with Gasteiger partial charge in [-0.05, 0) is 14.1 Å². The monoisotopic (exact) mass is 300 g/mol. The number of amides is 1. The van der Waals surface area contributed by atoms with Gasteiger partial charge in [-0.15, -0.1) is 0 Å². The molecular weight excluding hydrogens is 284 g/mol. The summed E-state index contributed by atoms with van der Waals surface area (Å²) in [5, 5.41) is 4.27. The van der Waals surface area contributed by atoms with Crippen molar-refractivity contribution < 1.29 is 4.79 Å². The lowest BCUT2D eigenvalue weighted by Gasteiger charge is -2.12. The third-order valence-corrected chi connectivity index (χ3v) is 3.40. The molecule has 1 aliphatic rings. The van der Waals surface area contributed by atoms with Gasteiger partial charge >= 0.3 is 0 Å². The number of halogens is 1. The maximum atomic E-state index is 11.7. The van der Waals surface area contributed by atoms with Crippen LogP contribution in [0.15, 0.2) is 12.4 Å². The molecule has 5 nitrogen and oxygen atoms in total. The number of carbonyl (C=O) groups is 1. The molecule has 1 unspecified atom stereocenters. The van der Waals surface area contributed by atoms with E-state index in [1.807, 2.05) is 25.0 Å². The highest BCUT2D eigenvalue weighted by Gasteiger charge is 2.29. The van der Waals surface area contributed by atoms with Crippen molar-refractivity contribution in [3.63, 3.8) is 0 Å². The molecular formula is C11H17BrN4O. The highest BCUT2D eigenvalue weighted by molar-refractivity contribution is 9.09. The summed E-state index contributed by atoms with van der Waals surface area (Å²) in [6.07, 6.45) is 4.27. The van der Waals surface area contributed by atoms with Gasteiger partial charge in [-0.1, -0.05) is 15.9 Å². The summed E-state index contributed by atoms with van der Waals surface area (Å²) < 4.78 is 1.88. The second-order valence-electron chi connectivity index (χ2n) is 4.57. The smallest absolute Gasteiger partial charge is 0.228 e. The van der Waals surface area contributed by atoms with Crippen molar-refractivity contribution in [2.45, 2.75) is 17.8 Å². The lowest BCUT2D eigenvalue weighted by atomic mass is 10.4. The molecule has 2 heterocycles. The number of rotatable bonds is 4. The lowest BCUT2D eigenvalue weighted by molar-refractivity contribution is -0.117. The zero-order valence-electron chi connectivity index (χ0n) is 10.1. The zero-order valence-corrected chi connectivity index (χ0v) is 11.7. The summed E-state index contributed by atoms with van der Waals surface area (Å²) in [6, 6.07) is 0. The lowest BCUT2D eigenvalue weighted by Crippen LogP contribution is -2.24. The average Bonchev–Trinajstić information content (AvgIpc) is 2.82. The Morgan fingerprint density at radius 2 is 2.35 bits per heavy atom. The molecule has 0 radical (unpaired) electrons. The van der Waals surface area contributed by atoms with Crippen LogP contribution in [0.3, 0.4) is 0 Å². The second kappa shape index (κ2) is 5.18. The normalized spacial score (nSPS) is 20.6. The van der Waals surface area contributed by atoms with E-state index in [9.17, 15) is 4.79 Å². The van der Waals surface area contributed by atoms with E-state index in [-0.39, 0.29) is 10.7 Å². The van der Waals surface area contributed by atoms with Crippen molar-refractivity contribution in [2.75, 3.05) is 32.1 Å². The van der Waals surface area contributed by atoms with Crippen LogP contribution in [0.1, 0.15) is 6.42 Å². The van der Waals surface area contributed by atoms with Crippen LogP contribution >= 0.6 is 15.9 Å². The van der Waals surface area contributed by atoms with Gasteiger partial charge in [0, 0.05) is 30.5 Å². The van der Waals surface area contributed by atoms with E-state index < -0.39 is 0 Å². The van der Waals surface area contributed by atoms with E-state index in [0.717, 1.165) is 25.3 Å². The molecule has 2 rings (SSSR count). The van der Waals surface area contributed by atoms with Gasteiger partial charge in [-0.3, -0.25) is 9.48 Å². The SMILES string of the molecule is CN(C)CCn1cc(N2CC(Br)CC2=O)cn1. The zero-order chi connectivity index (χ0) is 12.4. The topological polar surface area (TPSA) is 41.4 Å². The molecule has 1 fully saturated rings. The molecule has 0 aromatic carbocycles. The van der Waals surface area contributed by atoms with Crippen LogP contribution in [-0.4, -0.2) is 52.6 Å². The predicted molar refractivity (Wildman–Crippen MR) is 70.5 cm³/mol. The van der Waals surface area contributed by atoms with Gasteiger partial charge in [0.25, 0.3) is 0 Å². The van der Waals surface area contributed by atoms with Crippen molar-refractivity contribution in [2.24, 2.45) is 0 Å². The van der Waals surface area contributed by atoms with Gasteiger partial charge in [0.1, 0.15) is 0 Å². The fourth-order valence-corrected chi connectivity index (χ4v) is 2.40. The van der Waals surface area contributed by atoms with E-state index in [0.29, 0.717) is 6.42 Å². The van der Waals surface area contributed by atoms with E-state index in [1.165, 1.54) is 0 Å². The molecule has 94 valence electrons. The van der Waals surface area contributed by atoms with E-state index in [2.05, 4.69) is 25.9 Å². The summed E-state index contributed by atoms with van der Waals surface area (Å²) in [5.41, 5.74) is 0.899. The number of nitrogens with zero attached hydrogens (tertiary/aromatic N) is 4. The Morgan fingerprint density at radius 1 is 1.59 bits per heavy atom. The first-order valence-corrected chi connectivity index (χ1v) is 6.59. The molecule has 0 spiro atoms. The molecule has 0 bridgehead atoms. The van der Waals surface area contributed by atoms with Crippen LogP contribution in [0.5, 0.6) is 0 Å². The molecule has 6 heteroatoms. The Kier molecular flexibility index (Phi) is 3.83. The van der Waals surface area contributed by atoms with Gasteiger partial charge in [0.15, 0.2) is 0 Å². The Bertz CT molecular complexity index is 404. The minimum Gasteiger partial charge on any atom is -0.308 e. The van der Waals surface area contributed by atoms with Crippen LogP contribution < -0.4 is 4.90 Å². The third-order valence-electron chi connectivity index (χ3n) is 2.79. The van der Waals surface area contributed by atoms with Gasteiger partial charge in [0.2, 0.25) is 5.91 Å². The summed E-state index contributed by atoms with van der Waals surface area (Å²) >= 11 is 3.48. The fourth-order valence-electron chi connectivity index (χ4n) is 1.83. The standard InChI is InChI=1S/C11H17BrN4O/c1-14(2)3-4-15-8-10(6-13-15)16-7-9(12)5-11(16)17/h6,8-9H,3-5,7H2,1-2H3. The number of alkyl halides is 1. The minimum atomic E-state index is 0.166. The van der Waals surface area contributed by atoms with Crippen LogP contribution in [0.25, 0.3) is 0 Å². The molecule has 1 amide bonds. The Morgan fingerprint density at radius 3 is 2.94 bits per heavy atom. The number of hydrogen-bond donors (Lipinski definition) is 0. The van der Waals surface area contributed by atoms with Crippen molar-refractivity contribution in [3.8, 4) is 0 Å². The largest absolute Gasteiger partial charge is 0.308 e. The van der Waals surface area contributed by atoms with Crippen LogP contribution in [0.4, 0.5) is 5.69 Å². The summed E-state index contributed by atoms with van der Waals surface area (Å²) in [6.45, 7) is 2.51. The first-order chi connectivity index (χ1) is 8.06. The summed E-state index contributed by atoms with van der Waals surface area (Å²) in [7, 11) is 4.06. The Hall–Kier alpha value is -0.880. The number of anilines is 1. The first kappa shape index (κ1) is 12.6. The highest BCUT2D eigenvalue weighted by Crippen LogP contribution is 2.24. The van der Waals surface area contributed by atoms with Crippen molar-refractivity contribution in [1.29, 1.82) is 0 Å². The maximum absolute atomic E-state index is 11.7. The molecule has 1 aliphatic heterocycles. The molecule has 0 N–H and O–H groups in total. The molecule has 1 saturated heterocycles. The summed E-state index contributed by atoms with van der Waals surface area (Å²) in [4.78, 5) is 15.9. The average molecular weight is 301 g/mol. The van der Waals surface area contributed by atoms with E-state index in [1.54, 1.807) is 11.1 Å². The predicted octanol–water partition coefficient (Wildman–Crippen LogP) is 0.945. The number of likely N-dealkylation sites (N-methyl/N-ethyl adjacent to an activating group) is 1. The van der Waals surface area contributed by atoms with Gasteiger partial charge in [0.05, 0.1) is 18.4 Å². The highest BCUT2D eigenvalue weighted by atomic mass is 79.9. The van der Waals surface area contributed by atoms with Crippen LogP contribution in [-0.2, 0) is 11.3 Å². The second-order valence-corrected chi connectivity index (χ2v) is 5.87. The molecule has 17 heavy (non-hydrogen) atoms. The van der Waals surface area contributed by atoms with Crippen molar-refractivity contribution in [3.05, 3.63) is 12.4 Å². The summed E-state index contributed by atoms with van der Waals surface area (Å²) in [5.74, 6) is 0.166. The Balaban J connectivity index is 2.00. The molecule has 1 atom stereocenters. The van der Waals surface area contributed by atoms with Gasteiger partial charge in [-0.2, -0.15) is 5.10 Å². The van der Waals surface area contributed by atoms with Crippen LogP contribution in [0.2, 0.25) is 0 Å². The number of aromatic nitrogens is 2. The fraction of sp³-hybridized carbons (Fsp3) is 0.636.